The lowest BCUT2D eigenvalue weighted by atomic mass is 9.85. The van der Waals surface area contributed by atoms with Crippen molar-refractivity contribution in [2.75, 3.05) is 5.32 Å². The lowest BCUT2D eigenvalue weighted by Gasteiger charge is -2.31. The summed E-state index contributed by atoms with van der Waals surface area (Å²) in [5.74, 6) is -2.45. The van der Waals surface area contributed by atoms with Crippen LogP contribution in [0.15, 0.2) is 24.3 Å². The van der Waals surface area contributed by atoms with Gasteiger partial charge in [-0.3, -0.25) is 9.59 Å². The minimum Gasteiger partial charge on any atom is -0.480 e. The second kappa shape index (κ2) is 5.79. The average molecular weight is 304 g/mol. The molecule has 0 unspecified atom stereocenters. The second-order valence-corrected chi connectivity index (χ2v) is 6.54. The first-order valence-corrected chi connectivity index (χ1v) is 7.12. The van der Waals surface area contributed by atoms with Gasteiger partial charge in [0.25, 0.3) is 0 Å². The first-order chi connectivity index (χ1) is 10.2. The van der Waals surface area contributed by atoms with Crippen molar-refractivity contribution in [2.24, 2.45) is 5.41 Å². The Bertz CT molecular complexity index is 619. The summed E-state index contributed by atoms with van der Waals surface area (Å²) in [6, 6.07) is 6.04. The van der Waals surface area contributed by atoms with E-state index in [4.69, 9.17) is 0 Å². The normalized spacial score (nSPS) is 18.9. The van der Waals surface area contributed by atoms with E-state index in [1.165, 1.54) is 0 Å². The predicted molar refractivity (Wildman–Crippen MR) is 81.5 cm³/mol. The van der Waals surface area contributed by atoms with E-state index in [0.717, 1.165) is 0 Å². The predicted octanol–water partition coefficient (Wildman–Crippen LogP) is 1.73. The molecule has 0 bridgehead atoms. The fraction of sp³-hybridized carbons (Fsp3) is 0.438. The van der Waals surface area contributed by atoms with Gasteiger partial charge in [0.2, 0.25) is 11.8 Å². The number of aliphatic carboxylic acids is 1. The van der Waals surface area contributed by atoms with Gasteiger partial charge in [-0.1, -0.05) is 39.0 Å². The van der Waals surface area contributed by atoms with Crippen LogP contribution in [-0.4, -0.2) is 28.9 Å². The Balaban J connectivity index is 2.26. The van der Waals surface area contributed by atoms with Gasteiger partial charge in [0.15, 0.2) is 0 Å². The number of hydrogen-bond acceptors (Lipinski definition) is 3. The standard InChI is InChI=1S/C16H20N2O4/c1-16(2,3)13(15(21)22)18-14(20)10-8-12(19)17-11-7-5-4-6-9(10)11/h4-7,10,13H,8H2,1-3H3,(H,17,19)(H,18,20)(H,21,22)/t10-,13-/m1/s1. The number of carboxylic acid groups (broad SMARTS) is 1. The van der Waals surface area contributed by atoms with Crippen LogP contribution >= 0.6 is 0 Å². The van der Waals surface area contributed by atoms with Crippen molar-refractivity contribution < 1.29 is 19.5 Å². The number of carbonyl (C=O) groups is 3. The van der Waals surface area contributed by atoms with Crippen LogP contribution in [0.2, 0.25) is 0 Å². The van der Waals surface area contributed by atoms with Crippen LogP contribution in [0.1, 0.15) is 38.7 Å². The molecular weight excluding hydrogens is 284 g/mol. The molecule has 2 amide bonds. The van der Waals surface area contributed by atoms with Gasteiger partial charge < -0.3 is 15.7 Å². The third-order valence-electron chi connectivity index (χ3n) is 3.72. The summed E-state index contributed by atoms with van der Waals surface area (Å²) >= 11 is 0. The van der Waals surface area contributed by atoms with Crippen molar-refractivity contribution in [1.29, 1.82) is 0 Å². The van der Waals surface area contributed by atoms with Crippen molar-refractivity contribution in [3.05, 3.63) is 29.8 Å². The SMILES string of the molecule is CC(C)(C)[C@H](NC(=O)[C@@H]1CC(=O)Nc2ccccc21)C(=O)O. The van der Waals surface area contributed by atoms with Gasteiger partial charge in [0, 0.05) is 12.1 Å². The molecule has 2 atom stereocenters. The van der Waals surface area contributed by atoms with Gasteiger partial charge >= 0.3 is 5.97 Å². The molecule has 0 saturated carbocycles. The van der Waals surface area contributed by atoms with E-state index in [-0.39, 0.29) is 12.3 Å². The molecule has 0 fully saturated rings. The zero-order chi connectivity index (χ0) is 16.5. The molecule has 0 aliphatic carbocycles. The topological polar surface area (TPSA) is 95.5 Å². The van der Waals surface area contributed by atoms with Crippen molar-refractivity contribution in [1.82, 2.24) is 5.32 Å². The highest BCUT2D eigenvalue weighted by Gasteiger charge is 2.37. The molecule has 22 heavy (non-hydrogen) atoms. The molecule has 1 aliphatic rings. The molecule has 1 aromatic carbocycles. The molecule has 0 spiro atoms. The number of carbonyl (C=O) groups excluding carboxylic acids is 2. The van der Waals surface area contributed by atoms with E-state index < -0.39 is 29.3 Å². The van der Waals surface area contributed by atoms with Crippen LogP contribution < -0.4 is 10.6 Å². The average Bonchev–Trinajstić information content (AvgIpc) is 2.41. The Morgan fingerprint density at radius 1 is 1.32 bits per heavy atom. The van der Waals surface area contributed by atoms with Crippen LogP contribution in [-0.2, 0) is 14.4 Å². The number of hydrogen-bond donors (Lipinski definition) is 3. The zero-order valence-corrected chi connectivity index (χ0v) is 12.8. The van der Waals surface area contributed by atoms with Gasteiger partial charge in [-0.05, 0) is 17.0 Å². The maximum atomic E-state index is 12.5. The van der Waals surface area contributed by atoms with E-state index in [1.807, 2.05) is 0 Å². The number of anilines is 1. The smallest absolute Gasteiger partial charge is 0.326 e. The van der Waals surface area contributed by atoms with Gasteiger partial charge in [-0.25, -0.2) is 4.79 Å². The first kappa shape index (κ1) is 16.0. The number of nitrogens with one attached hydrogen (secondary N) is 2. The lowest BCUT2D eigenvalue weighted by molar-refractivity contribution is -0.145. The van der Waals surface area contributed by atoms with Gasteiger partial charge in [0.05, 0.1) is 5.92 Å². The second-order valence-electron chi connectivity index (χ2n) is 6.54. The van der Waals surface area contributed by atoms with Crippen molar-refractivity contribution in [3.8, 4) is 0 Å². The molecule has 1 aliphatic heterocycles. The molecular formula is C16H20N2O4. The van der Waals surface area contributed by atoms with Crippen LogP contribution in [0.3, 0.4) is 0 Å². The fourth-order valence-electron chi connectivity index (χ4n) is 2.54. The highest BCUT2D eigenvalue weighted by atomic mass is 16.4. The zero-order valence-electron chi connectivity index (χ0n) is 12.8. The minimum absolute atomic E-state index is 0.0132. The largest absolute Gasteiger partial charge is 0.480 e. The molecule has 3 N–H and O–H groups in total. The Kier molecular flexibility index (Phi) is 4.21. The Morgan fingerprint density at radius 2 is 1.95 bits per heavy atom. The first-order valence-electron chi connectivity index (χ1n) is 7.12. The molecule has 2 rings (SSSR count). The molecule has 0 radical (unpaired) electrons. The fourth-order valence-corrected chi connectivity index (χ4v) is 2.54. The summed E-state index contributed by atoms with van der Waals surface area (Å²) in [7, 11) is 0. The van der Waals surface area contributed by atoms with E-state index in [0.29, 0.717) is 11.3 Å². The maximum Gasteiger partial charge on any atom is 0.326 e. The number of para-hydroxylation sites is 1. The lowest BCUT2D eigenvalue weighted by Crippen LogP contribution is -2.51. The monoisotopic (exact) mass is 304 g/mol. The highest BCUT2D eigenvalue weighted by Crippen LogP contribution is 2.32. The third kappa shape index (κ3) is 3.27. The molecule has 118 valence electrons. The van der Waals surface area contributed by atoms with Crippen molar-refractivity contribution >= 4 is 23.5 Å². The number of amides is 2. The van der Waals surface area contributed by atoms with Gasteiger partial charge in [-0.15, -0.1) is 0 Å². The summed E-state index contributed by atoms with van der Waals surface area (Å²) in [5.41, 5.74) is 0.678. The maximum absolute atomic E-state index is 12.5. The summed E-state index contributed by atoms with van der Waals surface area (Å²) < 4.78 is 0. The van der Waals surface area contributed by atoms with E-state index in [1.54, 1.807) is 45.0 Å². The molecule has 1 aromatic rings. The van der Waals surface area contributed by atoms with Crippen LogP contribution in [0.4, 0.5) is 5.69 Å². The van der Waals surface area contributed by atoms with Gasteiger partial charge in [0.1, 0.15) is 6.04 Å². The van der Waals surface area contributed by atoms with E-state index in [2.05, 4.69) is 10.6 Å². The van der Waals surface area contributed by atoms with Gasteiger partial charge in [-0.2, -0.15) is 0 Å². The highest BCUT2D eigenvalue weighted by molar-refractivity contribution is 6.01. The summed E-state index contributed by atoms with van der Waals surface area (Å²) in [6.45, 7) is 5.23. The summed E-state index contributed by atoms with van der Waals surface area (Å²) in [6.07, 6.45) is 0.0132. The number of fused-ring (bicyclic) bond motifs is 1. The molecule has 0 saturated heterocycles. The summed E-state index contributed by atoms with van der Waals surface area (Å²) in [5, 5.41) is 14.6. The molecule has 1 heterocycles. The van der Waals surface area contributed by atoms with E-state index >= 15 is 0 Å². The molecule has 6 nitrogen and oxygen atoms in total. The van der Waals surface area contributed by atoms with Crippen LogP contribution in [0.25, 0.3) is 0 Å². The molecule has 0 aromatic heterocycles. The van der Waals surface area contributed by atoms with E-state index in [9.17, 15) is 19.5 Å². The minimum atomic E-state index is -1.09. The Morgan fingerprint density at radius 3 is 2.55 bits per heavy atom. The number of benzene rings is 1. The molecule has 6 heteroatoms. The van der Waals surface area contributed by atoms with Crippen LogP contribution in [0, 0.1) is 5.41 Å². The summed E-state index contributed by atoms with van der Waals surface area (Å²) in [4.78, 5) is 35.6. The number of rotatable bonds is 3. The Hall–Kier alpha value is -2.37. The van der Waals surface area contributed by atoms with Crippen molar-refractivity contribution in [2.45, 2.75) is 39.2 Å². The number of carboxylic acids is 1. The Labute approximate surface area is 128 Å². The third-order valence-corrected chi connectivity index (χ3v) is 3.72. The van der Waals surface area contributed by atoms with Crippen LogP contribution in [0.5, 0.6) is 0 Å². The quantitative estimate of drug-likeness (QED) is 0.792. The van der Waals surface area contributed by atoms with Crippen molar-refractivity contribution in [3.63, 3.8) is 0 Å².